The highest BCUT2D eigenvalue weighted by atomic mass is 19.1. The predicted octanol–water partition coefficient (Wildman–Crippen LogP) is 4.58. The van der Waals surface area contributed by atoms with Crippen molar-refractivity contribution in [1.29, 1.82) is 0 Å². The van der Waals surface area contributed by atoms with Gasteiger partial charge in [0.1, 0.15) is 17.3 Å². The van der Waals surface area contributed by atoms with Gasteiger partial charge in [0.2, 0.25) is 0 Å². The van der Waals surface area contributed by atoms with Gasteiger partial charge in [-0.1, -0.05) is 17.7 Å². The summed E-state index contributed by atoms with van der Waals surface area (Å²) in [4.78, 5) is 37.4. The number of non-ortho nitro benzene ring substituents is 1. The third-order valence-electron chi connectivity index (χ3n) is 4.92. The van der Waals surface area contributed by atoms with E-state index in [4.69, 9.17) is 0 Å². The summed E-state index contributed by atoms with van der Waals surface area (Å²) >= 11 is 0. The summed E-state index contributed by atoms with van der Waals surface area (Å²) in [5.74, 6) is -3.61. The zero-order chi connectivity index (χ0) is 23.0. The third-order valence-corrected chi connectivity index (χ3v) is 4.92. The smallest absolute Gasteiger partial charge is 0.282 e. The molecule has 0 fully saturated rings. The van der Waals surface area contributed by atoms with Crippen molar-refractivity contribution in [2.75, 3.05) is 10.2 Å². The zero-order valence-electron chi connectivity index (χ0n) is 16.6. The summed E-state index contributed by atoms with van der Waals surface area (Å²) in [6.45, 7) is 1.88. The van der Waals surface area contributed by atoms with Crippen LogP contribution in [0.5, 0.6) is 0 Å². The molecule has 1 heterocycles. The molecule has 9 heteroatoms. The number of nitro groups is 1. The van der Waals surface area contributed by atoms with Crippen LogP contribution in [0.4, 0.5) is 25.8 Å². The molecule has 7 nitrogen and oxygen atoms in total. The van der Waals surface area contributed by atoms with Gasteiger partial charge in [0, 0.05) is 23.9 Å². The Balaban J connectivity index is 1.83. The lowest BCUT2D eigenvalue weighted by Gasteiger charge is -2.16. The lowest BCUT2D eigenvalue weighted by molar-refractivity contribution is -0.384. The summed E-state index contributed by atoms with van der Waals surface area (Å²) in [5, 5.41) is 13.9. The monoisotopic (exact) mass is 435 g/mol. The Bertz CT molecular complexity index is 1290. The normalized spacial score (nSPS) is 13.7. The van der Waals surface area contributed by atoms with Crippen LogP contribution in [0.1, 0.15) is 11.1 Å². The lowest BCUT2D eigenvalue weighted by Crippen LogP contribution is -2.33. The van der Waals surface area contributed by atoms with Crippen molar-refractivity contribution >= 4 is 34.4 Å². The number of nitro benzene ring substituents is 1. The summed E-state index contributed by atoms with van der Waals surface area (Å²) in [5.41, 5.74) is 0.901. The molecule has 1 N–H and O–H groups in total. The van der Waals surface area contributed by atoms with Crippen LogP contribution in [-0.4, -0.2) is 16.7 Å². The topological polar surface area (TPSA) is 92.6 Å². The summed E-state index contributed by atoms with van der Waals surface area (Å²) in [6.07, 6.45) is 0. The highest BCUT2D eigenvalue weighted by Gasteiger charge is 2.41. The van der Waals surface area contributed by atoms with E-state index in [1.807, 2.05) is 6.92 Å². The molecule has 3 aromatic rings. The highest BCUT2D eigenvalue weighted by molar-refractivity contribution is 6.46. The number of rotatable bonds is 5. The van der Waals surface area contributed by atoms with Crippen LogP contribution in [-0.2, 0) is 9.59 Å². The average Bonchev–Trinajstić information content (AvgIpc) is 2.99. The van der Waals surface area contributed by atoms with E-state index in [-0.39, 0.29) is 22.5 Å². The van der Waals surface area contributed by atoms with Crippen LogP contribution in [0, 0.1) is 28.7 Å². The van der Waals surface area contributed by atoms with Crippen LogP contribution in [0.2, 0.25) is 0 Å². The molecule has 0 saturated carbocycles. The van der Waals surface area contributed by atoms with Crippen LogP contribution in [0.25, 0.3) is 5.57 Å². The first-order chi connectivity index (χ1) is 15.3. The van der Waals surface area contributed by atoms with Crippen molar-refractivity contribution in [1.82, 2.24) is 0 Å². The number of carbonyl (C=O) groups is 2. The third kappa shape index (κ3) is 3.71. The molecule has 1 aliphatic heterocycles. The van der Waals surface area contributed by atoms with Gasteiger partial charge in [-0.05, 0) is 48.9 Å². The molecule has 0 bridgehead atoms. The molecular weight excluding hydrogens is 420 g/mol. The highest BCUT2D eigenvalue weighted by Crippen LogP contribution is 2.35. The molecule has 160 valence electrons. The van der Waals surface area contributed by atoms with Crippen molar-refractivity contribution in [2.45, 2.75) is 6.92 Å². The van der Waals surface area contributed by atoms with E-state index >= 15 is 0 Å². The molecule has 4 rings (SSSR count). The minimum Gasteiger partial charge on any atom is -0.350 e. The number of halogens is 2. The molecule has 32 heavy (non-hydrogen) atoms. The van der Waals surface area contributed by atoms with E-state index in [1.54, 1.807) is 24.3 Å². The largest absolute Gasteiger partial charge is 0.350 e. The van der Waals surface area contributed by atoms with Gasteiger partial charge in [-0.3, -0.25) is 19.7 Å². The molecule has 3 aromatic carbocycles. The Kier molecular flexibility index (Phi) is 5.23. The van der Waals surface area contributed by atoms with Crippen molar-refractivity contribution in [3.05, 3.63) is 105 Å². The van der Waals surface area contributed by atoms with Gasteiger partial charge in [0.15, 0.2) is 0 Å². The Morgan fingerprint density at radius 3 is 2.16 bits per heavy atom. The lowest BCUT2D eigenvalue weighted by atomic mass is 10.0. The van der Waals surface area contributed by atoms with E-state index in [2.05, 4.69) is 5.32 Å². The minimum absolute atomic E-state index is 0.0887. The maximum absolute atomic E-state index is 14.4. The number of hydrogen-bond acceptors (Lipinski definition) is 5. The van der Waals surface area contributed by atoms with E-state index in [1.165, 1.54) is 24.3 Å². The first-order valence-electron chi connectivity index (χ1n) is 9.43. The second-order valence-electron chi connectivity index (χ2n) is 7.09. The standard InChI is InChI=1S/C23H15F2N3O4/c1-13-2-7-16(8-3-13)26-21-20(14-4-9-17(10-5-14)28(31)32)22(29)27(23(21)30)19-11-6-15(24)12-18(19)25/h2-12,26H,1H3. The second kappa shape index (κ2) is 8.03. The summed E-state index contributed by atoms with van der Waals surface area (Å²) < 4.78 is 27.8. The van der Waals surface area contributed by atoms with Gasteiger partial charge in [0.05, 0.1) is 16.2 Å². The molecule has 0 radical (unpaired) electrons. The van der Waals surface area contributed by atoms with Crippen LogP contribution in [0.3, 0.4) is 0 Å². The molecule has 0 saturated heterocycles. The van der Waals surface area contributed by atoms with Gasteiger partial charge in [-0.15, -0.1) is 0 Å². The Labute approximate surface area is 180 Å². The predicted molar refractivity (Wildman–Crippen MR) is 114 cm³/mol. The number of aryl methyl sites for hydroxylation is 1. The van der Waals surface area contributed by atoms with Crippen LogP contribution < -0.4 is 10.2 Å². The quantitative estimate of drug-likeness (QED) is 0.360. The van der Waals surface area contributed by atoms with Gasteiger partial charge < -0.3 is 5.32 Å². The Morgan fingerprint density at radius 1 is 0.906 bits per heavy atom. The molecule has 0 aliphatic carbocycles. The number of nitrogens with one attached hydrogen (secondary N) is 1. The molecular formula is C23H15F2N3O4. The van der Waals surface area contributed by atoms with Crippen LogP contribution >= 0.6 is 0 Å². The van der Waals surface area contributed by atoms with Crippen molar-refractivity contribution < 1.29 is 23.3 Å². The van der Waals surface area contributed by atoms with Crippen LogP contribution in [0.15, 0.2) is 72.4 Å². The van der Waals surface area contributed by atoms with Crippen molar-refractivity contribution in [2.24, 2.45) is 0 Å². The average molecular weight is 435 g/mol. The fourth-order valence-corrected chi connectivity index (χ4v) is 3.33. The molecule has 0 aromatic heterocycles. The van der Waals surface area contributed by atoms with Crippen molar-refractivity contribution in [3.63, 3.8) is 0 Å². The Hall–Kier alpha value is -4.40. The number of hydrogen-bond donors (Lipinski definition) is 1. The number of amides is 2. The maximum Gasteiger partial charge on any atom is 0.282 e. The fourth-order valence-electron chi connectivity index (χ4n) is 3.33. The number of imide groups is 1. The maximum atomic E-state index is 14.4. The van der Waals surface area contributed by atoms with E-state index in [9.17, 15) is 28.5 Å². The number of anilines is 2. The molecule has 0 atom stereocenters. The van der Waals surface area contributed by atoms with Gasteiger partial charge in [-0.2, -0.15) is 0 Å². The molecule has 0 spiro atoms. The fraction of sp³-hybridized carbons (Fsp3) is 0.0435. The van der Waals surface area contributed by atoms with Gasteiger partial charge in [-0.25, -0.2) is 13.7 Å². The molecule has 1 aliphatic rings. The van der Waals surface area contributed by atoms with E-state index < -0.39 is 34.1 Å². The second-order valence-corrected chi connectivity index (χ2v) is 7.09. The van der Waals surface area contributed by atoms with Gasteiger partial charge >= 0.3 is 0 Å². The van der Waals surface area contributed by atoms with Crippen molar-refractivity contribution in [3.8, 4) is 0 Å². The Morgan fingerprint density at radius 2 is 1.56 bits per heavy atom. The SMILES string of the molecule is Cc1ccc(NC2=C(c3ccc([N+](=O)[O-])cc3)C(=O)N(c3ccc(F)cc3F)C2=O)cc1. The minimum atomic E-state index is -1.08. The first kappa shape index (κ1) is 20.9. The number of carbonyl (C=O) groups excluding carboxylic acids is 2. The molecule has 0 unspecified atom stereocenters. The number of nitrogens with zero attached hydrogens (tertiary/aromatic N) is 2. The number of benzene rings is 3. The molecule has 2 amide bonds. The van der Waals surface area contributed by atoms with Gasteiger partial charge in [0.25, 0.3) is 17.5 Å². The van der Waals surface area contributed by atoms with E-state index in [0.717, 1.165) is 17.7 Å². The summed E-state index contributed by atoms with van der Waals surface area (Å²) in [7, 11) is 0. The first-order valence-corrected chi connectivity index (χ1v) is 9.43. The zero-order valence-corrected chi connectivity index (χ0v) is 16.6. The summed E-state index contributed by atoms with van der Waals surface area (Å²) in [6, 6.07) is 14.6. The van der Waals surface area contributed by atoms with E-state index in [0.29, 0.717) is 16.7 Å².